The number of non-ortho nitro benzene ring substituents is 1. The molecular weight excluding hydrogens is 368 g/mol. The van der Waals surface area contributed by atoms with Crippen LogP contribution in [0.4, 0.5) is 11.4 Å². The normalized spacial score (nSPS) is 14.5. The number of carbonyl (C=O) groups excluding carboxylic acids is 1. The summed E-state index contributed by atoms with van der Waals surface area (Å²) in [6.45, 7) is 0. The summed E-state index contributed by atoms with van der Waals surface area (Å²) in [6, 6.07) is 13.9. The van der Waals surface area contributed by atoms with Crippen LogP contribution in [0.5, 0.6) is 0 Å². The second-order valence-corrected chi connectivity index (χ2v) is 7.35. The Labute approximate surface area is 168 Å². The lowest BCUT2D eigenvalue weighted by molar-refractivity contribution is -0.384. The van der Waals surface area contributed by atoms with Crippen LogP contribution >= 0.6 is 0 Å². The molecule has 2 aromatic carbocycles. The molecule has 0 radical (unpaired) electrons. The number of aromatic nitrogens is 2. The number of nitro groups is 1. The van der Waals surface area contributed by atoms with E-state index < -0.39 is 4.92 Å². The van der Waals surface area contributed by atoms with E-state index in [1.54, 1.807) is 18.3 Å². The van der Waals surface area contributed by atoms with Crippen molar-refractivity contribution in [2.75, 3.05) is 5.32 Å². The van der Waals surface area contributed by atoms with Gasteiger partial charge in [-0.05, 0) is 42.7 Å². The highest BCUT2D eigenvalue weighted by Gasteiger charge is 2.21. The van der Waals surface area contributed by atoms with Gasteiger partial charge in [-0.1, -0.05) is 31.4 Å². The minimum Gasteiger partial charge on any atom is -0.338 e. The molecule has 2 N–H and O–H groups in total. The number of aromatic amines is 1. The first kappa shape index (κ1) is 18.9. The summed E-state index contributed by atoms with van der Waals surface area (Å²) >= 11 is 0. The monoisotopic (exact) mass is 390 g/mol. The number of H-pyrrole nitrogens is 1. The maximum Gasteiger partial charge on any atom is 0.269 e. The van der Waals surface area contributed by atoms with Crippen molar-refractivity contribution in [2.45, 2.75) is 32.1 Å². The SMILES string of the molecule is O=C(Nc1ccc(-c2cnc(-c3ccc([N+](=O)[O-])cc3)[nH]2)cc1)C1CCCCC1. The van der Waals surface area contributed by atoms with Crippen LogP contribution in [0.2, 0.25) is 0 Å². The van der Waals surface area contributed by atoms with Crippen molar-refractivity contribution in [3.63, 3.8) is 0 Å². The van der Waals surface area contributed by atoms with E-state index in [9.17, 15) is 14.9 Å². The van der Waals surface area contributed by atoms with Gasteiger partial charge in [0, 0.05) is 29.3 Å². The molecular formula is C22H22N4O3. The van der Waals surface area contributed by atoms with Crippen LogP contribution < -0.4 is 5.32 Å². The van der Waals surface area contributed by atoms with E-state index in [-0.39, 0.29) is 17.5 Å². The van der Waals surface area contributed by atoms with Crippen molar-refractivity contribution < 1.29 is 9.72 Å². The Morgan fingerprint density at radius 2 is 1.66 bits per heavy atom. The van der Waals surface area contributed by atoms with Crippen LogP contribution in [0.25, 0.3) is 22.6 Å². The van der Waals surface area contributed by atoms with Gasteiger partial charge in [-0.25, -0.2) is 4.98 Å². The number of hydrogen-bond acceptors (Lipinski definition) is 4. The third kappa shape index (κ3) is 4.34. The molecule has 1 fully saturated rings. The average Bonchev–Trinajstić information content (AvgIpc) is 3.25. The number of carbonyl (C=O) groups is 1. The Morgan fingerprint density at radius 3 is 2.31 bits per heavy atom. The number of hydrogen-bond donors (Lipinski definition) is 2. The fourth-order valence-corrected chi connectivity index (χ4v) is 3.70. The van der Waals surface area contributed by atoms with E-state index in [0.717, 1.165) is 48.2 Å². The van der Waals surface area contributed by atoms with E-state index in [1.807, 2.05) is 24.3 Å². The predicted molar refractivity (Wildman–Crippen MR) is 111 cm³/mol. The van der Waals surface area contributed by atoms with E-state index in [1.165, 1.54) is 18.6 Å². The molecule has 0 spiro atoms. The first-order chi connectivity index (χ1) is 14.1. The standard InChI is InChI=1S/C22H22N4O3/c27-22(17-4-2-1-3-5-17)24-18-10-6-15(7-11-18)20-14-23-21(25-20)16-8-12-19(13-9-16)26(28)29/h6-14,17H,1-5H2,(H,23,25)(H,24,27). The summed E-state index contributed by atoms with van der Waals surface area (Å²) < 4.78 is 0. The molecule has 1 aliphatic rings. The second kappa shape index (κ2) is 8.26. The van der Waals surface area contributed by atoms with Crippen LogP contribution in [0.15, 0.2) is 54.7 Å². The molecule has 1 saturated carbocycles. The summed E-state index contributed by atoms with van der Waals surface area (Å²) in [4.78, 5) is 30.3. The molecule has 0 saturated heterocycles. The van der Waals surface area contributed by atoms with Gasteiger partial charge in [-0.2, -0.15) is 0 Å². The van der Waals surface area contributed by atoms with Crippen molar-refractivity contribution in [3.05, 3.63) is 64.8 Å². The number of benzene rings is 2. The molecule has 29 heavy (non-hydrogen) atoms. The molecule has 1 amide bonds. The van der Waals surface area contributed by atoms with Gasteiger partial charge in [0.15, 0.2) is 0 Å². The van der Waals surface area contributed by atoms with Gasteiger partial charge in [0.25, 0.3) is 5.69 Å². The Hall–Kier alpha value is -3.48. The Bertz CT molecular complexity index is 1000. The van der Waals surface area contributed by atoms with Gasteiger partial charge in [-0.3, -0.25) is 14.9 Å². The number of amides is 1. The maximum atomic E-state index is 12.4. The molecule has 148 valence electrons. The average molecular weight is 390 g/mol. The van der Waals surface area contributed by atoms with Crippen molar-refractivity contribution in [2.24, 2.45) is 5.92 Å². The third-order valence-electron chi connectivity index (χ3n) is 5.37. The lowest BCUT2D eigenvalue weighted by atomic mass is 9.88. The minimum atomic E-state index is -0.425. The van der Waals surface area contributed by atoms with E-state index in [0.29, 0.717) is 5.82 Å². The Morgan fingerprint density at radius 1 is 1.00 bits per heavy atom. The lowest BCUT2D eigenvalue weighted by Crippen LogP contribution is -2.24. The molecule has 0 atom stereocenters. The fraction of sp³-hybridized carbons (Fsp3) is 0.273. The number of anilines is 1. The van der Waals surface area contributed by atoms with Gasteiger partial charge in [0.2, 0.25) is 5.91 Å². The van der Waals surface area contributed by atoms with Crippen LogP contribution in [-0.2, 0) is 4.79 Å². The molecule has 1 aliphatic carbocycles. The molecule has 1 heterocycles. The topological polar surface area (TPSA) is 101 Å². The molecule has 4 rings (SSSR count). The molecule has 1 aromatic heterocycles. The molecule has 7 nitrogen and oxygen atoms in total. The lowest BCUT2D eigenvalue weighted by Gasteiger charge is -2.20. The van der Waals surface area contributed by atoms with Gasteiger partial charge in [0.05, 0.1) is 16.8 Å². The highest BCUT2D eigenvalue weighted by atomic mass is 16.6. The second-order valence-electron chi connectivity index (χ2n) is 7.35. The Kier molecular flexibility index (Phi) is 5.37. The summed E-state index contributed by atoms with van der Waals surface area (Å²) in [5.41, 5.74) is 3.40. The molecule has 0 unspecified atom stereocenters. The highest BCUT2D eigenvalue weighted by Crippen LogP contribution is 2.27. The van der Waals surface area contributed by atoms with Crippen molar-refractivity contribution in [1.29, 1.82) is 0 Å². The first-order valence-corrected chi connectivity index (χ1v) is 9.81. The highest BCUT2D eigenvalue weighted by molar-refractivity contribution is 5.92. The van der Waals surface area contributed by atoms with Crippen LogP contribution in [0, 0.1) is 16.0 Å². The van der Waals surface area contributed by atoms with Crippen molar-refractivity contribution in [1.82, 2.24) is 9.97 Å². The summed E-state index contributed by atoms with van der Waals surface area (Å²) in [7, 11) is 0. The molecule has 3 aromatic rings. The minimum absolute atomic E-state index is 0.0476. The number of nitrogens with zero attached hydrogens (tertiary/aromatic N) is 2. The summed E-state index contributed by atoms with van der Waals surface area (Å²) in [5, 5.41) is 13.8. The number of nitrogens with one attached hydrogen (secondary N) is 2. The third-order valence-corrected chi connectivity index (χ3v) is 5.37. The van der Waals surface area contributed by atoms with E-state index in [4.69, 9.17) is 0 Å². The zero-order valence-electron chi connectivity index (χ0n) is 15.9. The number of nitro benzene ring substituents is 1. The molecule has 7 heteroatoms. The summed E-state index contributed by atoms with van der Waals surface area (Å²) in [5.74, 6) is 0.879. The van der Waals surface area contributed by atoms with Crippen LogP contribution in [-0.4, -0.2) is 20.8 Å². The van der Waals surface area contributed by atoms with Gasteiger partial charge >= 0.3 is 0 Å². The number of imidazole rings is 1. The molecule has 0 aliphatic heterocycles. The zero-order chi connectivity index (χ0) is 20.2. The smallest absolute Gasteiger partial charge is 0.269 e. The van der Waals surface area contributed by atoms with Crippen LogP contribution in [0.3, 0.4) is 0 Å². The number of rotatable bonds is 5. The quantitative estimate of drug-likeness (QED) is 0.463. The van der Waals surface area contributed by atoms with E-state index >= 15 is 0 Å². The maximum absolute atomic E-state index is 12.4. The van der Waals surface area contributed by atoms with Gasteiger partial charge < -0.3 is 10.3 Å². The fourth-order valence-electron chi connectivity index (χ4n) is 3.70. The van der Waals surface area contributed by atoms with Gasteiger partial charge in [-0.15, -0.1) is 0 Å². The zero-order valence-corrected chi connectivity index (χ0v) is 15.9. The van der Waals surface area contributed by atoms with E-state index in [2.05, 4.69) is 15.3 Å². The van der Waals surface area contributed by atoms with Crippen LogP contribution in [0.1, 0.15) is 32.1 Å². The Balaban J connectivity index is 1.44. The molecule has 0 bridgehead atoms. The van der Waals surface area contributed by atoms with Gasteiger partial charge in [0.1, 0.15) is 5.82 Å². The predicted octanol–water partition coefficient (Wildman–Crippen LogP) is 5.17. The van der Waals surface area contributed by atoms with Crippen molar-refractivity contribution in [3.8, 4) is 22.6 Å². The summed E-state index contributed by atoms with van der Waals surface area (Å²) in [6.07, 6.45) is 7.17. The van der Waals surface area contributed by atoms with Crippen molar-refractivity contribution >= 4 is 17.3 Å². The largest absolute Gasteiger partial charge is 0.338 e. The first-order valence-electron chi connectivity index (χ1n) is 9.81.